The Morgan fingerprint density at radius 1 is 1.07 bits per heavy atom. The molecule has 8 nitrogen and oxygen atoms in total. The Morgan fingerprint density at radius 3 is 2.43 bits per heavy atom. The van der Waals surface area contributed by atoms with E-state index in [1.165, 1.54) is 30.3 Å². The van der Waals surface area contributed by atoms with Crippen LogP contribution < -0.4 is 15.2 Å². The maximum Gasteiger partial charge on any atom is 0.302 e. The average molecular weight is 419 g/mol. The van der Waals surface area contributed by atoms with E-state index in [2.05, 4.69) is 0 Å². The summed E-state index contributed by atoms with van der Waals surface area (Å²) in [5, 5.41) is 0. The molecule has 2 aromatic rings. The predicted molar refractivity (Wildman–Crippen MR) is 107 cm³/mol. The van der Waals surface area contributed by atoms with Gasteiger partial charge in [-0.3, -0.25) is 4.79 Å². The molecule has 0 unspecified atom stereocenters. The molecule has 4 rings (SSSR count). The minimum atomic E-state index is -4.79. The second-order valence-electron chi connectivity index (χ2n) is 6.62. The fourth-order valence-electron chi connectivity index (χ4n) is 2.96. The molecule has 6 radical (unpaired) electrons. The molecule has 0 aliphatic carbocycles. The lowest BCUT2D eigenvalue weighted by molar-refractivity contribution is -0.126. The SMILES string of the molecule is [B]C([B])(c1ccccc1)S(=O)(=O)OC1=C(N)O[C@@]([B])(c2ccc3c(c2)OCO3)C1=O. The van der Waals surface area contributed by atoms with Gasteiger partial charge in [0, 0.05) is 0 Å². The summed E-state index contributed by atoms with van der Waals surface area (Å²) in [6.07, 6.45) is 0. The first-order chi connectivity index (χ1) is 14.1. The van der Waals surface area contributed by atoms with Crippen LogP contribution in [0.4, 0.5) is 0 Å². The van der Waals surface area contributed by atoms with E-state index >= 15 is 0 Å². The zero-order valence-electron chi connectivity index (χ0n) is 15.4. The van der Waals surface area contributed by atoms with E-state index in [0.717, 1.165) is 0 Å². The van der Waals surface area contributed by atoms with Crippen molar-refractivity contribution in [1.29, 1.82) is 0 Å². The van der Waals surface area contributed by atoms with Gasteiger partial charge in [-0.15, -0.1) is 0 Å². The predicted octanol–water partition coefficient (Wildman–Crippen LogP) is -0.0424. The molecule has 1 atom stereocenters. The number of Topliss-reactive ketones (excluding diaryl/α,β-unsaturated/α-hetero) is 1. The van der Waals surface area contributed by atoms with E-state index in [0.29, 0.717) is 11.5 Å². The molecular formula is C18H12B3NO7S. The quantitative estimate of drug-likeness (QED) is 0.531. The van der Waals surface area contributed by atoms with Crippen LogP contribution >= 0.6 is 0 Å². The van der Waals surface area contributed by atoms with Gasteiger partial charge in [-0.05, 0) is 23.3 Å². The molecule has 146 valence electrons. The van der Waals surface area contributed by atoms with Gasteiger partial charge < -0.3 is 24.1 Å². The van der Waals surface area contributed by atoms with Gasteiger partial charge in [0.1, 0.15) is 7.85 Å². The van der Waals surface area contributed by atoms with Crippen molar-refractivity contribution in [3.8, 4) is 11.5 Å². The largest absolute Gasteiger partial charge is 0.467 e. The third-order valence-electron chi connectivity index (χ3n) is 4.67. The lowest BCUT2D eigenvalue weighted by Gasteiger charge is -2.26. The Balaban J connectivity index is 1.64. The van der Waals surface area contributed by atoms with Crippen LogP contribution in [0.2, 0.25) is 0 Å². The number of hydrogen-bond donors (Lipinski definition) is 1. The van der Waals surface area contributed by atoms with Crippen molar-refractivity contribution in [3.05, 3.63) is 71.3 Å². The molecule has 2 aliphatic heterocycles. The molecule has 2 heterocycles. The van der Waals surface area contributed by atoms with Crippen LogP contribution in [0.25, 0.3) is 0 Å². The van der Waals surface area contributed by atoms with Crippen molar-refractivity contribution >= 4 is 39.4 Å². The van der Waals surface area contributed by atoms with Gasteiger partial charge in [0.15, 0.2) is 17.0 Å². The first-order valence-corrected chi connectivity index (χ1v) is 9.97. The van der Waals surface area contributed by atoms with Crippen molar-refractivity contribution in [2.24, 2.45) is 5.73 Å². The zero-order valence-corrected chi connectivity index (χ0v) is 16.2. The van der Waals surface area contributed by atoms with E-state index in [-0.39, 0.29) is 17.9 Å². The molecule has 0 bridgehead atoms. The second-order valence-corrected chi connectivity index (χ2v) is 8.38. The fourth-order valence-corrected chi connectivity index (χ4v) is 3.90. The monoisotopic (exact) mass is 419 g/mol. The Kier molecular flexibility index (Phi) is 4.57. The highest BCUT2D eigenvalue weighted by atomic mass is 32.2. The van der Waals surface area contributed by atoms with Gasteiger partial charge in [0.25, 0.3) is 0 Å². The Labute approximate surface area is 176 Å². The van der Waals surface area contributed by atoms with Crippen molar-refractivity contribution in [1.82, 2.24) is 0 Å². The Morgan fingerprint density at radius 2 is 1.73 bits per heavy atom. The number of hydrogen-bond acceptors (Lipinski definition) is 8. The summed E-state index contributed by atoms with van der Waals surface area (Å²) < 4.78 is 43.7. The molecule has 2 N–H and O–H groups in total. The summed E-state index contributed by atoms with van der Waals surface area (Å²) in [5.41, 5.74) is 3.75. The van der Waals surface area contributed by atoms with Gasteiger partial charge in [-0.25, -0.2) is 0 Å². The highest BCUT2D eigenvalue weighted by Gasteiger charge is 2.50. The topological polar surface area (TPSA) is 114 Å². The van der Waals surface area contributed by atoms with Gasteiger partial charge >= 0.3 is 10.1 Å². The number of carbonyl (C=O) groups excluding carboxylic acids is 1. The number of ketones is 1. The van der Waals surface area contributed by atoms with E-state index in [1.807, 2.05) is 0 Å². The molecule has 0 saturated heterocycles. The number of nitrogens with two attached hydrogens (primary N) is 1. The van der Waals surface area contributed by atoms with Crippen LogP contribution in [0.3, 0.4) is 0 Å². The lowest BCUT2D eigenvalue weighted by Crippen LogP contribution is -2.40. The molecule has 0 amide bonds. The van der Waals surface area contributed by atoms with Crippen LogP contribution in [0.15, 0.2) is 60.2 Å². The third kappa shape index (κ3) is 3.02. The second kappa shape index (κ2) is 6.77. The van der Waals surface area contributed by atoms with Crippen molar-refractivity contribution < 1.29 is 31.6 Å². The summed E-state index contributed by atoms with van der Waals surface area (Å²) in [4.78, 5) is 12.9. The molecule has 2 aromatic carbocycles. The van der Waals surface area contributed by atoms with Crippen LogP contribution in [-0.2, 0) is 33.9 Å². The van der Waals surface area contributed by atoms with Crippen LogP contribution in [0.1, 0.15) is 11.1 Å². The number of rotatable bonds is 5. The lowest BCUT2D eigenvalue weighted by atomic mass is 9.65. The normalized spacial score (nSPS) is 20.9. The number of carbonyl (C=O) groups is 1. The minimum Gasteiger partial charge on any atom is -0.467 e. The molecule has 0 fully saturated rings. The first kappa shape index (κ1) is 20.3. The fraction of sp³-hybridized carbons (Fsp3) is 0.167. The van der Waals surface area contributed by atoms with Gasteiger partial charge in [0.05, 0.1) is 20.2 Å². The number of fused-ring (bicyclic) bond motifs is 1. The van der Waals surface area contributed by atoms with Gasteiger partial charge in [-0.2, -0.15) is 8.42 Å². The molecule has 0 saturated carbocycles. The molecule has 0 aromatic heterocycles. The van der Waals surface area contributed by atoms with E-state index in [9.17, 15) is 13.2 Å². The molecule has 0 spiro atoms. The van der Waals surface area contributed by atoms with E-state index in [4.69, 9.17) is 47.7 Å². The average Bonchev–Trinajstić information content (AvgIpc) is 3.27. The summed E-state index contributed by atoms with van der Waals surface area (Å²) in [5.74, 6) is -1.71. The molecule has 12 heteroatoms. The van der Waals surface area contributed by atoms with Crippen LogP contribution in [-0.4, -0.2) is 44.5 Å². The smallest absolute Gasteiger partial charge is 0.302 e. The minimum absolute atomic E-state index is 0.00667. The number of benzene rings is 2. The summed E-state index contributed by atoms with van der Waals surface area (Å²) in [6.45, 7) is 0.00667. The first-order valence-electron chi connectivity index (χ1n) is 8.56. The Bertz CT molecular complexity index is 1170. The van der Waals surface area contributed by atoms with Gasteiger partial charge in [-0.1, -0.05) is 36.4 Å². The van der Waals surface area contributed by atoms with Crippen molar-refractivity contribution in [2.45, 2.75) is 10.0 Å². The molecular weight excluding hydrogens is 407 g/mol. The Hall–Kier alpha value is -3.01. The standard InChI is InChI=1S/C18H12B3NO7S/c19-17(11-6-7-12-13(8-11)27-9-26-12)15(23)14(16(22)28-17)29-30(24,25)18(20,21)10-4-2-1-3-5-10/h1-8H,9,22H2/t17-/m0/s1. The van der Waals surface area contributed by atoms with E-state index in [1.54, 1.807) is 18.2 Å². The summed E-state index contributed by atoms with van der Waals surface area (Å²) in [6, 6.07) is 11.9. The highest BCUT2D eigenvalue weighted by Crippen LogP contribution is 2.41. The van der Waals surface area contributed by atoms with E-state index < -0.39 is 37.6 Å². The van der Waals surface area contributed by atoms with Gasteiger partial charge in [0.2, 0.25) is 24.2 Å². The molecule has 2 aliphatic rings. The highest BCUT2D eigenvalue weighted by molar-refractivity contribution is 7.90. The summed E-state index contributed by atoms with van der Waals surface area (Å²) in [7, 11) is 12.9. The third-order valence-corrected chi connectivity index (χ3v) is 6.12. The van der Waals surface area contributed by atoms with Crippen molar-refractivity contribution in [3.63, 3.8) is 0 Å². The maximum atomic E-state index is 12.9. The summed E-state index contributed by atoms with van der Waals surface area (Å²) >= 11 is 0. The molecule has 30 heavy (non-hydrogen) atoms. The maximum absolute atomic E-state index is 12.9. The number of ether oxygens (including phenoxy) is 3. The van der Waals surface area contributed by atoms with Crippen LogP contribution in [0.5, 0.6) is 11.5 Å². The zero-order chi connectivity index (χ0) is 21.7. The van der Waals surface area contributed by atoms with Crippen molar-refractivity contribution in [2.75, 3.05) is 6.79 Å². The van der Waals surface area contributed by atoms with Crippen LogP contribution in [0, 0.1) is 0 Å².